The topological polar surface area (TPSA) is 38.4 Å². The molecule has 20 heavy (non-hydrogen) atoms. The van der Waals surface area contributed by atoms with Gasteiger partial charge in [-0.2, -0.15) is 0 Å². The van der Waals surface area contributed by atoms with Crippen molar-refractivity contribution in [3.8, 4) is 0 Å². The highest BCUT2D eigenvalue weighted by molar-refractivity contribution is 5.95. The van der Waals surface area contributed by atoms with Gasteiger partial charge in [0.1, 0.15) is 5.84 Å². The van der Waals surface area contributed by atoms with Crippen LogP contribution in [-0.2, 0) is 6.54 Å². The number of hydrogen-bond donors (Lipinski definition) is 1. The average Bonchev–Trinajstić information content (AvgIpc) is 2.45. The van der Waals surface area contributed by atoms with Gasteiger partial charge in [-0.05, 0) is 29.7 Å². The molecule has 0 aliphatic heterocycles. The molecule has 2 rings (SSSR count). The number of halogens is 1. The summed E-state index contributed by atoms with van der Waals surface area (Å²) in [4.78, 5) is 4.38. The lowest BCUT2D eigenvalue weighted by atomic mass is 10.1. The van der Waals surface area contributed by atoms with E-state index in [0.717, 1.165) is 5.56 Å². The van der Waals surface area contributed by atoms with Gasteiger partial charge in [-0.1, -0.05) is 60.7 Å². The minimum Gasteiger partial charge on any atom is -0.384 e. The van der Waals surface area contributed by atoms with Crippen molar-refractivity contribution >= 4 is 24.3 Å². The van der Waals surface area contributed by atoms with E-state index >= 15 is 0 Å². The molecule has 2 aromatic carbocycles. The Morgan fingerprint density at radius 1 is 1.05 bits per heavy atom. The van der Waals surface area contributed by atoms with Gasteiger partial charge in [-0.3, -0.25) is 4.99 Å². The maximum atomic E-state index is 5.88. The Bertz CT molecular complexity index is 589. The fourth-order valence-corrected chi connectivity index (χ4v) is 1.76. The van der Waals surface area contributed by atoms with E-state index in [1.165, 1.54) is 11.1 Å². The fraction of sp³-hybridized carbons (Fsp3) is 0.118. The Kier molecular flexibility index (Phi) is 6.54. The molecule has 2 N–H and O–H groups in total. The number of aryl methyl sites for hydroxylation is 1. The van der Waals surface area contributed by atoms with E-state index in [9.17, 15) is 0 Å². The monoisotopic (exact) mass is 286 g/mol. The lowest BCUT2D eigenvalue weighted by Gasteiger charge is -2.01. The smallest absolute Gasteiger partial charge is 0.118 e. The van der Waals surface area contributed by atoms with Crippen LogP contribution in [0.1, 0.15) is 16.7 Å². The second-order valence-electron chi connectivity index (χ2n) is 4.41. The molecule has 0 heterocycles. The fourth-order valence-electron chi connectivity index (χ4n) is 1.76. The second-order valence-corrected chi connectivity index (χ2v) is 4.41. The normalized spacial score (nSPS) is 11.3. The van der Waals surface area contributed by atoms with Crippen LogP contribution in [0.25, 0.3) is 6.08 Å². The molecule has 0 aliphatic rings. The van der Waals surface area contributed by atoms with Gasteiger partial charge in [-0.25, -0.2) is 0 Å². The number of hydrogen-bond acceptors (Lipinski definition) is 1. The SMILES string of the molecule is Cc1ccccc1CN=C(N)/C=C/c1ccccc1.Cl. The highest BCUT2D eigenvalue weighted by Gasteiger charge is 1.95. The standard InChI is InChI=1S/C17H18N2.ClH/c1-14-7-5-6-10-16(14)13-19-17(18)12-11-15-8-3-2-4-9-15;/h2-12H,13H2,1H3,(H2,18,19);1H/b12-11+;. The predicted molar refractivity (Wildman–Crippen MR) is 89.2 cm³/mol. The lowest BCUT2D eigenvalue weighted by molar-refractivity contribution is 1.04. The summed E-state index contributed by atoms with van der Waals surface area (Å²) >= 11 is 0. The third-order valence-electron chi connectivity index (χ3n) is 2.94. The Morgan fingerprint density at radius 3 is 2.40 bits per heavy atom. The molecule has 0 saturated heterocycles. The first-order valence-corrected chi connectivity index (χ1v) is 6.33. The maximum absolute atomic E-state index is 5.88. The van der Waals surface area contributed by atoms with Crippen molar-refractivity contribution in [2.75, 3.05) is 0 Å². The van der Waals surface area contributed by atoms with E-state index < -0.39 is 0 Å². The maximum Gasteiger partial charge on any atom is 0.118 e. The number of nitrogens with zero attached hydrogens (tertiary/aromatic N) is 1. The number of nitrogens with two attached hydrogens (primary N) is 1. The van der Waals surface area contributed by atoms with Crippen LogP contribution in [0.5, 0.6) is 0 Å². The van der Waals surface area contributed by atoms with Crippen molar-refractivity contribution in [2.24, 2.45) is 10.7 Å². The molecule has 3 heteroatoms. The summed E-state index contributed by atoms with van der Waals surface area (Å²) in [5.74, 6) is 0.548. The van der Waals surface area contributed by atoms with Crippen molar-refractivity contribution in [3.63, 3.8) is 0 Å². The molecule has 0 atom stereocenters. The van der Waals surface area contributed by atoms with Gasteiger partial charge in [-0.15, -0.1) is 12.4 Å². The summed E-state index contributed by atoms with van der Waals surface area (Å²) in [7, 11) is 0. The first-order chi connectivity index (χ1) is 9.25. The molecule has 0 amide bonds. The summed E-state index contributed by atoms with van der Waals surface area (Å²) in [5.41, 5.74) is 9.45. The van der Waals surface area contributed by atoms with E-state index in [0.29, 0.717) is 12.4 Å². The van der Waals surface area contributed by atoms with Crippen LogP contribution in [0.4, 0.5) is 0 Å². The van der Waals surface area contributed by atoms with Gasteiger partial charge in [0.25, 0.3) is 0 Å². The Morgan fingerprint density at radius 2 is 1.70 bits per heavy atom. The highest BCUT2D eigenvalue weighted by Crippen LogP contribution is 2.08. The van der Waals surface area contributed by atoms with E-state index in [1.54, 1.807) is 0 Å². The molecule has 0 bridgehead atoms. The molecule has 0 unspecified atom stereocenters. The molecule has 0 aliphatic carbocycles. The van der Waals surface area contributed by atoms with Gasteiger partial charge in [0.15, 0.2) is 0 Å². The summed E-state index contributed by atoms with van der Waals surface area (Å²) in [6.07, 6.45) is 3.81. The van der Waals surface area contributed by atoms with E-state index in [-0.39, 0.29) is 12.4 Å². The predicted octanol–water partition coefficient (Wildman–Crippen LogP) is 3.99. The molecule has 0 radical (unpaired) electrons. The number of aliphatic imine (C=N–C) groups is 1. The van der Waals surface area contributed by atoms with Crippen LogP contribution in [0.2, 0.25) is 0 Å². The molecular weight excluding hydrogens is 268 g/mol. The molecule has 104 valence electrons. The highest BCUT2D eigenvalue weighted by atomic mass is 35.5. The molecular formula is C17H19ClN2. The van der Waals surface area contributed by atoms with Crippen molar-refractivity contribution in [1.29, 1.82) is 0 Å². The quantitative estimate of drug-likeness (QED) is 0.670. The van der Waals surface area contributed by atoms with Crippen molar-refractivity contribution in [2.45, 2.75) is 13.5 Å². The van der Waals surface area contributed by atoms with Crippen LogP contribution in [0.15, 0.2) is 65.7 Å². The Balaban J connectivity index is 0.00000200. The van der Waals surface area contributed by atoms with Crippen LogP contribution in [0.3, 0.4) is 0 Å². The molecule has 2 aromatic rings. The Labute approximate surface area is 126 Å². The van der Waals surface area contributed by atoms with E-state index in [1.807, 2.05) is 54.6 Å². The second kappa shape index (κ2) is 8.18. The summed E-state index contributed by atoms with van der Waals surface area (Å²) in [6.45, 7) is 2.71. The van der Waals surface area contributed by atoms with Gasteiger partial charge in [0.2, 0.25) is 0 Å². The zero-order valence-corrected chi connectivity index (χ0v) is 12.3. The Hall–Kier alpha value is -2.06. The minimum absolute atomic E-state index is 0. The third-order valence-corrected chi connectivity index (χ3v) is 2.94. The zero-order valence-electron chi connectivity index (χ0n) is 11.5. The van der Waals surface area contributed by atoms with Crippen LogP contribution < -0.4 is 5.73 Å². The summed E-state index contributed by atoms with van der Waals surface area (Å²) < 4.78 is 0. The molecule has 0 aromatic heterocycles. The molecule has 0 fully saturated rings. The van der Waals surface area contributed by atoms with Gasteiger partial charge in [0.05, 0.1) is 6.54 Å². The molecule has 0 saturated carbocycles. The molecule has 0 spiro atoms. The number of amidine groups is 1. The first kappa shape index (κ1) is 16.0. The van der Waals surface area contributed by atoms with Crippen molar-refractivity contribution < 1.29 is 0 Å². The number of benzene rings is 2. The zero-order chi connectivity index (χ0) is 13.5. The third kappa shape index (κ3) is 4.90. The lowest BCUT2D eigenvalue weighted by Crippen LogP contribution is -2.08. The van der Waals surface area contributed by atoms with Crippen molar-refractivity contribution in [1.82, 2.24) is 0 Å². The van der Waals surface area contributed by atoms with Crippen LogP contribution >= 0.6 is 12.4 Å². The van der Waals surface area contributed by atoms with Gasteiger partial charge < -0.3 is 5.73 Å². The first-order valence-electron chi connectivity index (χ1n) is 6.33. The van der Waals surface area contributed by atoms with Crippen LogP contribution in [0, 0.1) is 6.92 Å². The van der Waals surface area contributed by atoms with E-state index in [2.05, 4.69) is 24.0 Å². The molecule has 2 nitrogen and oxygen atoms in total. The van der Waals surface area contributed by atoms with E-state index in [4.69, 9.17) is 5.73 Å². The van der Waals surface area contributed by atoms with Gasteiger partial charge in [0, 0.05) is 0 Å². The van der Waals surface area contributed by atoms with Gasteiger partial charge >= 0.3 is 0 Å². The van der Waals surface area contributed by atoms with Crippen molar-refractivity contribution in [3.05, 3.63) is 77.4 Å². The number of rotatable bonds is 4. The summed E-state index contributed by atoms with van der Waals surface area (Å²) in [5, 5.41) is 0. The largest absolute Gasteiger partial charge is 0.384 e. The summed E-state index contributed by atoms with van der Waals surface area (Å²) in [6, 6.07) is 18.3. The average molecular weight is 287 g/mol. The minimum atomic E-state index is 0. The van der Waals surface area contributed by atoms with Crippen LogP contribution in [-0.4, -0.2) is 5.84 Å².